The summed E-state index contributed by atoms with van der Waals surface area (Å²) in [5.74, 6) is -0.242. The molecular weight excluding hydrogens is 248 g/mol. The van der Waals surface area contributed by atoms with Crippen LogP contribution in [0.4, 0.5) is 0 Å². The Morgan fingerprint density at radius 1 is 1.32 bits per heavy atom. The van der Waals surface area contributed by atoms with Crippen molar-refractivity contribution in [3.05, 3.63) is 0 Å². The number of esters is 1. The van der Waals surface area contributed by atoms with Crippen molar-refractivity contribution in [3.8, 4) is 0 Å². The van der Waals surface area contributed by atoms with Crippen LogP contribution < -0.4 is 0 Å². The van der Waals surface area contributed by atoms with E-state index in [0.29, 0.717) is 6.61 Å². The molecule has 0 aromatic carbocycles. The summed E-state index contributed by atoms with van der Waals surface area (Å²) in [7, 11) is 3.54. The highest BCUT2D eigenvalue weighted by Crippen LogP contribution is 2.18. The summed E-state index contributed by atoms with van der Waals surface area (Å²) in [5, 5.41) is 0. The fourth-order valence-corrected chi connectivity index (χ4v) is 2.39. The molecule has 2 aliphatic heterocycles. The average molecular weight is 272 g/mol. The number of hydrogen-bond donors (Lipinski definition) is 0. The second-order valence-electron chi connectivity index (χ2n) is 5.23. The number of hydrogen-bond acceptors (Lipinski definition) is 6. The molecule has 110 valence electrons. The molecular formula is C13H24N2O4. The number of carbonyl (C=O) groups excluding carboxylic acids is 1. The van der Waals surface area contributed by atoms with Gasteiger partial charge in [-0.3, -0.25) is 4.79 Å². The summed E-state index contributed by atoms with van der Waals surface area (Å²) in [4.78, 5) is 15.9. The zero-order chi connectivity index (χ0) is 13.7. The van der Waals surface area contributed by atoms with E-state index in [4.69, 9.17) is 9.47 Å². The molecule has 0 N–H and O–H groups in total. The molecule has 2 rings (SSSR count). The van der Waals surface area contributed by atoms with Gasteiger partial charge in [0, 0.05) is 39.1 Å². The highest BCUT2D eigenvalue weighted by atomic mass is 16.7. The number of ether oxygens (including phenoxy) is 3. The van der Waals surface area contributed by atoms with Gasteiger partial charge in [0.05, 0.1) is 26.2 Å². The molecule has 19 heavy (non-hydrogen) atoms. The van der Waals surface area contributed by atoms with E-state index in [-0.39, 0.29) is 24.8 Å². The molecule has 6 nitrogen and oxygen atoms in total. The Morgan fingerprint density at radius 3 is 2.74 bits per heavy atom. The van der Waals surface area contributed by atoms with Gasteiger partial charge in [-0.1, -0.05) is 0 Å². The zero-order valence-electron chi connectivity index (χ0n) is 11.8. The fraction of sp³-hybridized carbons (Fsp3) is 0.923. The van der Waals surface area contributed by atoms with Crippen molar-refractivity contribution in [3.63, 3.8) is 0 Å². The molecule has 2 atom stereocenters. The van der Waals surface area contributed by atoms with Gasteiger partial charge >= 0.3 is 5.97 Å². The topological polar surface area (TPSA) is 51.2 Å². The van der Waals surface area contributed by atoms with Crippen molar-refractivity contribution in [2.75, 3.05) is 53.5 Å². The largest absolute Gasteiger partial charge is 0.469 e. The Bertz CT molecular complexity index is 292. The Hall–Kier alpha value is -0.690. The molecule has 2 heterocycles. The van der Waals surface area contributed by atoms with E-state index in [0.717, 1.165) is 39.1 Å². The smallest absolute Gasteiger partial charge is 0.308 e. The van der Waals surface area contributed by atoms with E-state index in [2.05, 4.69) is 21.6 Å². The summed E-state index contributed by atoms with van der Waals surface area (Å²) >= 11 is 0. The number of carbonyl (C=O) groups is 1. The highest BCUT2D eigenvalue weighted by Gasteiger charge is 2.28. The molecule has 0 aromatic rings. The van der Waals surface area contributed by atoms with Crippen LogP contribution in [0, 0.1) is 0 Å². The Labute approximate surface area is 114 Å². The lowest BCUT2D eigenvalue weighted by Gasteiger charge is -2.32. The van der Waals surface area contributed by atoms with Gasteiger partial charge in [-0.25, -0.2) is 0 Å². The Balaban J connectivity index is 1.61. The van der Waals surface area contributed by atoms with Crippen LogP contribution in [-0.4, -0.2) is 81.7 Å². The van der Waals surface area contributed by atoms with E-state index in [1.54, 1.807) is 0 Å². The normalized spacial score (nSPS) is 29.6. The molecule has 2 fully saturated rings. The highest BCUT2D eigenvalue weighted by molar-refractivity contribution is 5.69. The molecule has 0 radical (unpaired) electrons. The minimum atomic E-state index is -0.242. The quantitative estimate of drug-likeness (QED) is 0.653. The predicted molar refractivity (Wildman–Crippen MR) is 69.8 cm³/mol. The van der Waals surface area contributed by atoms with Crippen LogP contribution in [0.25, 0.3) is 0 Å². The Morgan fingerprint density at radius 2 is 2.05 bits per heavy atom. The van der Waals surface area contributed by atoms with Gasteiger partial charge < -0.3 is 24.0 Å². The molecule has 0 amide bonds. The minimum absolute atomic E-state index is 0.148. The van der Waals surface area contributed by atoms with Crippen molar-refractivity contribution < 1.29 is 19.0 Å². The number of rotatable bonds is 5. The standard InChI is InChI=1S/C13H24N2O4/c1-14-5-7-15(8-6-14)4-3-13-18-10-11(19-13)9-12(16)17-2/h11,13H,3-10H2,1-2H3. The van der Waals surface area contributed by atoms with Gasteiger partial charge in [-0.2, -0.15) is 0 Å². The first kappa shape index (κ1) is 14.7. The third kappa shape index (κ3) is 4.72. The average Bonchev–Trinajstić information content (AvgIpc) is 2.85. The minimum Gasteiger partial charge on any atom is -0.469 e. The van der Waals surface area contributed by atoms with Gasteiger partial charge in [0.1, 0.15) is 0 Å². The monoisotopic (exact) mass is 272 g/mol. The summed E-state index contributed by atoms with van der Waals surface area (Å²) in [6.45, 7) is 5.93. The van der Waals surface area contributed by atoms with Crippen molar-refractivity contribution in [1.29, 1.82) is 0 Å². The Kier molecular flexibility index (Phi) is 5.57. The van der Waals surface area contributed by atoms with E-state index in [1.165, 1.54) is 7.11 Å². The third-order valence-electron chi connectivity index (χ3n) is 3.71. The molecule has 0 bridgehead atoms. The van der Waals surface area contributed by atoms with Crippen molar-refractivity contribution in [1.82, 2.24) is 9.80 Å². The van der Waals surface area contributed by atoms with Crippen LogP contribution in [0.3, 0.4) is 0 Å². The molecule has 6 heteroatoms. The van der Waals surface area contributed by atoms with Crippen LogP contribution in [0.15, 0.2) is 0 Å². The van der Waals surface area contributed by atoms with E-state index < -0.39 is 0 Å². The maximum Gasteiger partial charge on any atom is 0.308 e. The van der Waals surface area contributed by atoms with E-state index in [9.17, 15) is 4.79 Å². The van der Waals surface area contributed by atoms with E-state index in [1.807, 2.05) is 0 Å². The van der Waals surface area contributed by atoms with Crippen molar-refractivity contribution in [2.24, 2.45) is 0 Å². The molecule has 0 aliphatic carbocycles. The second-order valence-corrected chi connectivity index (χ2v) is 5.23. The van der Waals surface area contributed by atoms with Crippen LogP contribution >= 0.6 is 0 Å². The lowest BCUT2D eigenvalue weighted by atomic mass is 10.3. The zero-order valence-corrected chi connectivity index (χ0v) is 11.8. The van der Waals surface area contributed by atoms with Crippen LogP contribution in [-0.2, 0) is 19.0 Å². The van der Waals surface area contributed by atoms with Crippen LogP contribution in [0.5, 0.6) is 0 Å². The lowest BCUT2D eigenvalue weighted by Crippen LogP contribution is -2.45. The number of piperazine rings is 1. The van der Waals surface area contributed by atoms with Gasteiger partial charge in [0.2, 0.25) is 0 Å². The van der Waals surface area contributed by atoms with Crippen molar-refractivity contribution >= 4 is 5.97 Å². The molecule has 0 spiro atoms. The van der Waals surface area contributed by atoms with Gasteiger partial charge in [0.15, 0.2) is 6.29 Å². The third-order valence-corrected chi connectivity index (χ3v) is 3.71. The summed E-state index contributed by atoms with van der Waals surface area (Å²) < 4.78 is 15.9. The van der Waals surface area contributed by atoms with Gasteiger partial charge in [0.25, 0.3) is 0 Å². The lowest BCUT2D eigenvalue weighted by molar-refractivity contribution is -0.144. The summed E-state index contributed by atoms with van der Waals surface area (Å²) in [6, 6.07) is 0. The maximum atomic E-state index is 11.1. The first-order chi connectivity index (χ1) is 9.17. The molecule has 2 unspecified atom stereocenters. The summed E-state index contributed by atoms with van der Waals surface area (Å²) in [6.07, 6.45) is 0.822. The van der Waals surface area contributed by atoms with E-state index >= 15 is 0 Å². The van der Waals surface area contributed by atoms with Crippen molar-refractivity contribution in [2.45, 2.75) is 25.2 Å². The first-order valence-corrected chi connectivity index (χ1v) is 6.92. The fourth-order valence-electron chi connectivity index (χ4n) is 2.39. The van der Waals surface area contributed by atoms with Gasteiger partial charge in [-0.05, 0) is 7.05 Å². The molecule has 0 aromatic heterocycles. The molecule has 2 aliphatic rings. The predicted octanol–water partition coefficient (Wildman–Crippen LogP) is -0.0715. The molecule has 0 saturated carbocycles. The number of nitrogens with zero attached hydrogens (tertiary/aromatic N) is 2. The molecule has 2 saturated heterocycles. The number of methoxy groups -OCH3 is 1. The van der Waals surface area contributed by atoms with Crippen LogP contribution in [0.2, 0.25) is 0 Å². The summed E-state index contributed by atoms with van der Waals surface area (Å²) in [5.41, 5.74) is 0. The van der Waals surface area contributed by atoms with Gasteiger partial charge in [-0.15, -0.1) is 0 Å². The maximum absolute atomic E-state index is 11.1. The SMILES string of the molecule is COC(=O)CC1COC(CCN2CCN(C)CC2)O1. The second kappa shape index (κ2) is 7.19. The number of likely N-dealkylation sites (N-methyl/N-ethyl adjacent to an activating group) is 1. The first-order valence-electron chi connectivity index (χ1n) is 6.92. The van der Waals surface area contributed by atoms with Crippen LogP contribution in [0.1, 0.15) is 12.8 Å².